The van der Waals surface area contributed by atoms with Crippen molar-refractivity contribution >= 4 is 22.8 Å². The SMILES string of the molecule is COC(=O)C(Cc1c[nH]c2ccccc12)NC(=O)Cc1ccc(CC(C)C)cc1. The van der Waals surface area contributed by atoms with Crippen LogP contribution >= 0.6 is 0 Å². The fourth-order valence-electron chi connectivity index (χ4n) is 3.55. The molecule has 0 saturated carbocycles. The number of nitrogens with one attached hydrogen (secondary N) is 2. The second kappa shape index (κ2) is 9.41. The molecule has 152 valence electrons. The number of aromatic amines is 1. The number of methoxy groups -OCH3 is 1. The molecule has 0 radical (unpaired) electrons. The molecule has 0 aliphatic rings. The molecule has 2 aromatic carbocycles. The zero-order chi connectivity index (χ0) is 20.8. The molecule has 1 aromatic heterocycles. The van der Waals surface area contributed by atoms with Gasteiger partial charge in [0.15, 0.2) is 0 Å². The van der Waals surface area contributed by atoms with Gasteiger partial charge in [-0.3, -0.25) is 4.79 Å². The Labute approximate surface area is 171 Å². The monoisotopic (exact) mass is 392 g/mol. The van der Waals surface area contributed by atoms with Gasteiger partial charge in [0.1, 0.15) is 6.04 Å². The topological polar surface area (TPSA) is 71.2 Å². The molecule has 3 rings (SSSR count). The molecule has 0 bridgehead atoms. The van der Waals surface area contributed by atoms with Gasteiger partial charge in [-0.1, -0.05) is 56.3 Å². The second-order valence-corrected chi connectivity index (χ2v) is 7.80. The van der Waals surface area contributed by atoms with E-state index in [0.29, 0.717) is 12.3 Å². The van der Waals surface area contributed by atoms with Crippen molar-refractivity contribution in [2.24, 2.45) is 5.92 Å². The van der Waals surface area contributed by atoms with E-state index in [1.807, 2.05) is 42.6 Å². The van der Waals surface area contributed by atoms with Gasteiger partial charge in [-0.05, 0) is 35.1 Å². The summed E-state index contributed by atoms with van der Waals surface area (Å²) in [5.74, 6) is -0.0535. The summed E-state index contributed by atoms with van der Waals surface area (Å²) in [6.45, 7) is 4.37. The first kappa shape index (κ1) is 20.6. The van der Waals surface area contributed by atoms with Gasteiger partial charge in [-0.15, -0.1) is 0 Å². The Bertz CT molecular complexity index is 973. The Hall–Kier alpha value is -3.08. The van der Waals surface area contributed by atoms with Gasteiger partial charge >= 0.3 is 5.97 Å². The lowest BCUT2D eigenvalue weighted by atomic mass is 10.0. The molecule has 0 spiro atoms. The van der Waals surface area contributed by atoms with Gasteiger partial charge in [-0.2, -0.15) is 0 Å². The molecule has 5 heteroatoms. The van der Waals surface area contributed by atoms with Crippen LogP contribution in [0.25, 0.3) is 10.9 Å². The highest BCUT2D eigenvalue weighted by Crippen LogP contribution is 2.19. The lowest BCUT2D eigenvalue weighted by Crippen LogP contribution is -2.43. The number of fused-ring (bicyclic) bond motifs is 1. The molecule has 1 atom stereocenters. The van der Waals surface area contributed by atoms with Crippen LogP contribution in [-0.4, -0.2) is 30.0 Å². The van der Waals surface area contributed by atoms with Crippen molar-refractivity contribution in [2.75, 3.05) is 7.11 Å². The first-order chi connectivity index (χ1) is 14.0. The van der Waals surface area contributed by atoms with Gasteiger partial charge in [0.25, 0.3) is 0 Å². The van der Waals surface area contributed by atoms with Crippen LogP contribution in [0.15, 0.2) is 54.7 Å². The minimum atomic E-state index is -0.730. The number of rotatable bonds is 8. The van der Waals surface area contributed by atoms with Crippen molar-refractivity contribution in [3.63, 3.8) is 0 Å². The Morgan fingerprint density at radius 3 is 2.38 bits per heavy atom. The number of para-hydroxylation sites is 1. The zero-order valence-electron chi connectivity index (χ0n) is 17.2. The summed E-state index contributed by atoms with van der Waals surface area (Å²) in [6, 6.07) is 15.2. The summed E-state index contributed by atoms with van der Waals surface area (Å²) in [4.78, 5) is 28.0. The summed E-state index contributed by atoms with van der Waals surface area (Å²) >= 11 is 0. The lowest BCUT2D eigenvalue weighted by Gasteiger charge is -2.16. The summed E-state index contributed by atoms with van der Waals surface area (Å²) in [7, 11) is 1.34. The maximum Gasteiger partial charge on any atom is 0.328 e. The summed E-state index contributed by atoms with van der Waals surface area (Å²) in [6.07, 6.45) is 3.49. The van der Waals surface area contributed by atoms with Gasteiger partial charge < -0.3 is 15.0 Å². The number of H-pyrrole nitrogens is 1. The van der Waals surface area contributed by atoms with Gasteiger partial charge in [-0.25, -0.2) is 4.79 Å². The minimum absolute atomic E-state index is 0.197. The molecular weight excluding hydrogens is 364 g/mol. The molecule has 3 aromatic rings. The van der Waals surface area contributed by atoms with Crippen LogP contribution in [0.3, 0.4) is 0 Å². The maximum atomic E-state index is 12.6. The largest absolute Gasteiger partial charge is 0.467 e. The smallest absolute Gasteiger partial charge is 0.328 e. The number of aromatic nitrogens is 1. The molecule has 0 saturated heterocycles. The molecule has 1 heterocycles. The predicted octanol–water partition coefficient (Wildman–Crippen LogP) is 3.81. The van der Waals surface area contributed by atoms with Gasteiger partial charge in [0.05, 0.1) is 13.5 Å². The molecule has 0 fully saturated rings. The molecular formula is C24H28N2O3. The Kier molecular flexibility index (Phi) is 6.70. The van der Waals surface area contributed by atoms with Crippen LogP contribution in [-0.2, 0) is 33.6 Å². The van der Waals surface area contributed by atoms with Crippen molar-refractivity contribution in [3.8, 4) is 0 Å². The second-order valence-electron chi connectivity index (χ2n) is 7.80. The third kappa shape index (κ3) is 5.47. The normalized spacial score (nSPS) is 12.1. The number of carbonyl (C=O) groups excluding carboxylic acids is 2. The maximum absolute atomic E-state index is 12.6. The lowest BCUT2D eigenvalue weighted by molar-refractivity contribution is -0.145. The Balaban J connectivity index is 1.66. The van der Waals surface area contributed by atoms with Crippen molar-refractivity contribution in [3.05, 3.63) is 71.4 Å². The zero-order valence-corrected chi connectivity index (χ0v) is 17.2. The number of hydrogen-bond donors (Lipinski definition) is 2. The number of amides is 1. The quantitative estimate of drug-likeness (QED) is 0.573. The summed E-state index contributed by atoms with van der Waals surface area (Å²) in [5.41, 5.74) is 4.15. The molecule has 29 heavy (non-hydrogen) atoms. The third-order valence-corrected chi connectivity index (χ3v) is 4.95. The van der Waals surface area contributed by atoms with Crippen LogP contribution in [0.2, 0.25) is 0 Å². The molecule has 1 amide bonds. The van der Waals surface area contributed by atoms with E-state index in [1.165, 1.54) is 12.7 Å². The van der Waals surface area contributed by atoms with E-state index in [9.17, 15) is 9.59 Å². The van der Waals surface area contributed by atoms with Crippen LogP contribution in [0.4, 0.5) is 0 Å². The van der Waals surface area contributed by atoms with E-state index in [0.717, 1.165) is 28.5 Å². The average Bonchev–Trinajstić information content (AvgIpc) is 3.11. The number of carbonyl (C=O) groups is 2. The average molecular weight is 392 g/mol. The molecule has 2 N–H and O–H groups in total. The van der Waals surface area contributed by atoms with Crippen LogP contribution < -0.4 is 5.32 Å². The van der Waals surface area contributed by atoms with E-state index < -0.39 is 12.0 Å². The Morgan fingerprint density at radius 2 is 1.69 bits per heavy atom. The minimum Gasteiger partial charge on any atom is -0.467 e. The highest BCUT2D eigenvalue weighted by molar-refractivity contribution is 5.88. The first-order valence-electron chi connectivity index (χ1n) is 9.96. The highest BCUT2D eigenvalue weighted by Gasteiger charge is 2.23. The first-order valence-corrected chi connectivity index (χ1v) is 9.96. The molecule has 0 aliphatic carbocycles. The number of benzene rings is 2. The van der Waals surface area contributed by atoms with E-state index in [1.54, 1.807) is 0 Å². The molecule has 5 nitrogen and oxygen atoms in total. The highest BCUT2D eigenvalue weighted by atomic mass is 16.5. The van der Waals surface area contributed by atoms with Crippen molar-refractivity contribution in [1.29, 1.82) is 0 Å². The predicted molar refractivity (Wildman–Crippen MR) is 115 cm³/mol. The number of hydrogen-bond acceptors (Lipinski definition) is 3. The standard InChI is InChI=1S/C24H28N2O3/c1-16(2)12-17-8-10-18(11-9-17)13-23(27)26-22(24(28)29-3)14-19-15-25-21-7-5-4-6-20(19)21/h4-11,15-16,22,25H,12-14H2,1-3H3,(H,26,27). The van der Waals surface area contributed by atoms with E-state index in [4.69, 9.17) is 4.74 Å². The summed E-state index contributed by atoms with van der Waals surface area (Å²) in [5, 5.41) is 3.88. The number of ether oxygens (including phenoxy) is 1. The van der Waals surface area contributed by atoms with E-state index >= 15 is 0 Å². The summed E-state index contributed by atoms with van der Waals surface area (Å²) < 4.78 is 4.91. The fourth-order valence-corrected chi connectivity index (χ4v) is 3.55. The fraction of sp³-hybridized carbons (Fsp3) is 0.333. The third-order valence-electron chi connectivity index (χ3n) is 4.95. The van der Waals surface area contributed by atoms with Gasteiger partial charge in [0.2, 0.25) is 5.91 Å². The molecule has 1 unspecified atom stereocenters. The Morgan fingerprint density at radius 1 is 1.00 bits per heavy atom. The number of esters is 1. The van der Waals surface area contributed by atoms with Crippen molar-refractivity contribution < 1.29 is 14.3 Å². The van der Waals surface area contributed by atoms with Crippen molar-refractivity contribution in [1.82, 2.24) is 10.3 Å². The molecule has 0 aliphatic heterocycles. The van der Waals surface area contributed by atoms with Crippen LogP contribution in [0, 0.1) is 5.92 Å². The van der Waals surface area contributed by atoms with E-state index in [2.05, 4.69) is 36.3 Å². The van der Waals surface area contributed by atoms with Gasteiger partial charge in [0, 0.05) is 23.5 Å². The van der Waals surface area contributed by atoms with Crippen LogP contribution in [0.1, 0.15) is 30.5 Å². The van der Waals surface area contributed by atoms with Crippen molar-refractivity contribution in [2.45, 2.75) is 39.2 Å². The van der Waals surface area contributed by atoms with E-state index in [-0.39, 0.29) is 12.3 Å². The van der Waals surface area contributed by atoms with Crippen LogP contribution in [0.5, 0.6) is 0 Å².